The number of rotatable bonds is 9. The lowest BCUT2D eigenvalue weighted by atomic mass is 10.0. The van der Waals surface area contributed by atoms with Gasteiger partial charge in [0.05, 0.1) is 27.8 Å². The van der Waals surface area contributed by atoms with E-state index in [2.05, 4.69) is 20.6 Å². The Balaban J connectivity index is 1.19. The van der Waals surface area contributed by atoms with Crippen molar-refractivity contribution in [3.8, 4) is 11.1 Å². The molecule has 5 aromatic rings. The summed E-state index contributed by atoms with van der Waals surface area (Å²) < 4.78 is 49.0. The summed E-state index contributed by atoms with van der Waals surface area (Å²) in [7, 11) is 0. The summed E-state index contributed by atoms with van der Waals surface area (Å²) in [5.74, 6) is -0.930. The lowest BCUT2D eigenvalue weighted by Crippen LogP contribution is -2.49. The van der Waals surface area contributed by atoms with E-state index in [1.165, 1.54) is 18.3 Å². The molecule has 0 aliphatic carbocycles. The van der Waals surface area contributed by atoms with Gasteiger partial charge in [-0.25, -0.2) is 4.79 Å². The molecule has 0 saturated carbocycles. The van der Waals surface area contributed by atoms with Crippen LogP contribution >= 0.6 is 0 Å². The van der Waals surface area contributed by atoms with Crippen LogP contribution in [0.4, 0.5) is 35.0 Å². The minimum absolute atomic E-state index is 0.0162. The number of nitrogens with zero attached hydrogens (tertiary/aromatic N) is 4. The normalized spacial score (nSPS) is 13.6. The van der Waals surface area contributed by atoms with Crippen molar-refractivity contribution in [2.75, 3.05) is 42.9 Å². The Morgan fingerprint density at radius 2 is 1.60 bits per heavy atom. The Bertz CT molecular complexity index is 2180. The third kappa shape index (κ3) is 8.76. The number of fused-ring (bicyclic) bond motifs is 2. The highest BCUT2D eigenvalue weighted by atomic mass is 19.4. The van der Waals surface area contributed by atoms with Gasteiger partial charge in [0, 0.05) is 79.2 Å². The van der Waals surface area contributed by atoms with Crippen LogP contribution in [0.15, 0.2) is 79.1 Å². The number of ether oxygens (including phenoxy) is 1. The van der Waals surface area contributed by atoms with Crippen LogP contribution in [0.25, 0.3) is 32.9 Å². The second-order valence-corrected chi connectivity index (χ2v) is 13.8. The third-order valence-electron chi connectivity index (χ3n) is 8.84. The standard InChI is InChI=1S/C39H40F3N7O4/c1-38(2,3)53-37(52)44-14-6-9-34(50)49-17-15-48(16-18-49)33-13-11-27(21-30(33)39(40,41)42)47-35-28-20-24(10-12-32(28)46-23-29(35)36(43)51)26-19-25-7-4-5-8-31(25)45-22-26/h4-5,7-8,10-13,19-23H,6,9,14-18H2,1-3H3,(H2,43,51)(H,44,52)(H,46,47). The van der Waals surface area contributed by atoms with Crippen molar-refractivity contribution >= 4 is 56.8 Å². The first-order chi connectivity index (χ1) is 25.2. The number of alkyl carbamates (subject to hydrolysis) is 1. The number of para-hydroxylation sites is 1. The van der Waals surface area contributed by atoms with Gasteiger partial charge in [-0.1, -0.05) is 24.3 Å². The fraction of sp³-hybridized carbons (Fsp3) is 0.308. The Hall–Kier alpha value is -5.92. The summed E-state index contributed by atoms with van der Waals surface area (Å²) in [6.07, 6.45) is -1.64. The average Bonchev–Trinajstić information content (AvgIpc) is 3.12. The highest BCUT2D eigenvalue weighted by Gasteiger charge is 2.36. The van der Waals surface area contributed by atoms with Crippen molar-refractivity contribution in [2.24, 2.45) is 5.73 Å². The molecule has 1 fully saturated rings. The zero-order chi connectivity index (χ0) is 37.9. The summed E-state index contributed by atoms with van der Waals surface area (Å²) >= 11 is 0. The number of halogens is 3. The maximum atomic E-state index is 14.6. The molecule has 2 aromatic heterocycles. The van der Waals surface area contributed by atoms with E-state index < -0.39 is 29.3 Å². The fourth-order valence-corrected chi connectivity index (χ4v) is 6.28. The van der Waals surface area contributed by atoms with Crippen molar-refractivity contribution in [3.05, 3.63) is 90.3 Å². The number of nitrogens with two attached hydrogens (primary N) is 1. The lowest BCUT2D eigenvalue weighted by molar-refractivity contribution is -0.137. The molecule has 0 spiro atoms. The number of alkyl halides is 3. The van der Waals surface area contributed by atoms with Gasteiger partial charge in [-0.15, -0.1) is 0 Å². The first-order valence-corrected chi connectivity index (χ1v) is 17.2. The van der Waals surface area contributed by atoms with Gasteiger partial charge in [0.15, 0.2) is 0 Å². The van der Waals surface area contributed by atoms with Crippen molar-refractivity contribution < 1.29 is 32.3 Å². The van der Waals surface area contributed by atoms with E-state index in [1.807, 2.05) is 36.4 Å². The Kier molecular flexibility index (Phi) is 10.4. The molecule has 3 amide bonds. The van der Waals surface area contributed by atoms with Crippen LogP contribution in [0.3, 0.4) is 0 Å². The maximum Gasteiger partial charge on any atom is 0.418 e. The smallest absolute Gasteiger partial charge is 0.418 e. The third-order valence-corrected chi connectivity index (χ3v) is 8.84. The van der Waals surface area contributed by atoms with Gasteiger partial charge in [-0.2, -0.15) is 13.2 Å². The van der Waals surface area contributed by atoms with E-state index in [0.29, 0.717) is 17.3 Å². The predicted octanol–water partition coefficient (Wildman–Crippen LogP) is 7.26. The second-order valence-electron chi connectivity index (χ2n) is 13.8. The van der Waals surface area contributed by atoms with Crippen molar-refractivity contribution in [3.63, 3.8) is 0 Å². The molecule has 0 atom stereocenters. The Morgan fingerprint density at radius 3 is 2.32 bits per heavy atom. The molecule has 6 rings (SSSR count). The van der Waals surface area contributed by atoms with Crippen LogP contribution in [-0.2, 0) is 15.7 Å². The lowest BCUT2D eigenvalue weighted by Gasteiger charge is -2.37. The van der Waals surface area contributed by atoms with Gasteiger partial charge in [0.2, 0.25) is 5.91 Å². The van der Waals surface area contributed by atoms with Crippen LogP contribution in [0.5, 0.6) is 0 Å². The molecule has 3 aromatic carbocycles. The number of pyridine rings is 2. The van der Waals surface area contributed by atoms with Crippen LogP contribution in [0.1, 0.15) is 49.5 Å². The summed E-state index contributed by atoms with van der Waals surface area (Å²) in [4.78, 5) is 49.4. The Labute approximate surface area is 304 Å². The van der Waals surface area contributed by atoms with E-state index in [1.54, 1.807) is 48.9 Å². The Morgan fingerprint density at radius 1 is 0.868 bits per heavy atom. The number of primary amides is 1. The minimum Gasteiger partial charge on any atom is -0.444 e. The minimum atomic E-state index is -4.70. The SMILES string of the molecule is CC(C)(C)OC(=O)NCCCC(=O)N1CCN(c2ccc(Nc3c(C(N)=O)cnc4ccc(-c5cnc6ccccc6c5)cc34)cc2C(F)(F)F)CC1. The van der Waals surface area contributed by atoms with Crippen molar-refractivity contribution in [1.29, 1.82) is 0 Å². The second kappa shape index (κ2) is 15.0. The molecular formula is C39H40F3N7O4. The highest BCUT2D eigenvalue weighted by Crippen LogP contribution is 2.40. The van der Waals surface area contributed by atoms with E-state index in [4.69, 9.17) is 10.5 Å². The highest BCUT2D eigenvalue weighted by molar-refractivity contribution is 6.08. The number of aromatic nitrogens is 2. The molecule has 1 aliphatic rings. The van der Waals surface area contributed by atoms with E-state index in [-0.39, 0.29) is 67.7 Å². The summed E-state index contributed by atoms with van der Waals surface area (Å²) in [6, 6.07) is 19.0. The molecule has 11 nitrogen and oxygen atoms in total. The van der Waals surface area contributed by atoms with Crippen molar-refractivity contribution in [2.45, 2.75) is 45.4 Å². The number of carbonyl (C=O) groups excluding carboxylic acids is 3. The molecule has 0 radical (unpaired) electrons. The van der Waals surface area contributed by atoms with Gasteiger partial charge in [-0.05, 0) is 75.2 Å². The molecule has 4 N–H and O–H groups in total. The largest absolute Gasteiger partial charge is 0.444 e. The zero-order valence-electron chi connectivity index (χ0n) is 29.6. The van der Waals surface area contributed by atoms with E-state index in [0.717, 1.165) is 28.1 Å². The van der Waals surface area contributed by atoms with Gasteiger partial charge < -0.3 is 30.9 Å². The number of hydrogen-bond donors (Lipinski definition) is 3. The average molecular weight is 728 g/mol. The zero-order valence-corrected chi connectivity index (χ0v) is 29.6. The summed E-state index contributed by atoms with van der Waals surface area (Å²) in [5, 5.41) is 7.09. The molecule has 0 bridgehead atoms. The molecule has 276 valence electrons. The number of carbonyl (C=O) groups is 3. The van der Waals surface area contributed by atoms with Gasteiger partial charge in [0.1, 0.15) is 5.60 Å². The molecule has 14 heteroatoms. The number of anilines is 3. The van der Waals surface area contributed by atoms with Gasteiger partial charge in [0.25, 0.3) is 5.91 Å². The molecule has 53 heavy (non-hydrogen) atoms. The molecule has 0 unspecified atom stereocenters. The van der Waals surface area contributed by atoms with E-state index in [9.17, 15) is 27.6 Å². The first kappa shape index (κ1) is 36.9. The van der Waals surface area contributed by atoms with Crippen LogP contribution < -0.4 is 21.3 Å². The first-order valence-electron chi connectivity index (χ1n) is 17.2. The molecule has 3 heterocycles. The molecular weight excluding hydrogens is 687 g/mol. The van der Waals surface area contributed by atoms with Crippen LogP contribution in [0.2, 0.25) is 0 Å². The number of nitrogens with one attached hydrogen (secondary N) is 2. The number of benzene rings is 3. The van der Waals surface area contributed by atoms with Gasteiger partial charge >= 0.3 is 12.3 Å². The van der Waals surface area contributed by atoms with E-state index >= 15 is 0 Å². The predicted molar refractivity (Wildman–Crippen MR) is 198 cm³/mol. The fourth-order valence-electron chi connectivity index (χ4n) is 6.28. The number of hydrogen-bond acceptors (Lipinski definition) is 8. The van der Waals surface area contributed by atoms with Gasteiger partial charge in [-0.3, -0.25) is 19.6 Å². The molecule has 1 saturated heterocycles. The molecule has 1 aliphatic heterocycles. The summed E-state index contributed by atoms with van der Waals surface area (Å²) in [5.41, 5.74) is 7.48. The summed E-state index contributed by atoms with van der Waals surface area (Å²) in [6.45, 7) is 6.41. The van der Waals surface area contributed by atoms with Crippen molar-refractivity contribution in [1.82, 2.24) is 20.2 Å². The van der Waals surface area contributed by atoms with Crippen LogP contribution in [0, 0.1) is 0 Å². The van der Waals surface area contributed by atoms with Crippen LogP contribution in [-0.4, -0.2) is 71.1 Å². The monoisotopic (exact) mass is 727 g/mol. The quantitative estimate of drug-likeness (QED) is 0.135. The maximum absolute atomic E-state index is 14.6. The number of piperazine rings is 1. The number of amides is 3. The topological polar surface area (TPSA) is 143 Å².